The molecule has 0 radical (unpaired) electrons. The lowest BCUT2D eigenvalue weighted by atomic mass is 10.2. The van der Waals surface area contributed by atoms with Gasteiger partial charge in [0.25, 0.3) is 6.43 Å². The number of nitrogens with zero attached hydrogens (tertiary/aromatic N) is 1. The molecule has 0 fully saturated rings. The van der Waals surface area contributed by atoms with Crippen molar-refractivity contribution < 1.29 is 18.0 Å². The first-order valence-electron chi connectivity index (χ1n) is 3.04. The molecule has 0 saturated carbocycles. The number of halogens is 3. The number of pyridine rings is 1. The highest BCUT2D eigenvalue weighted by Crippen LogP contribution is 2.21. The Hall–Kier alpha value is -1.39. The van der Waals surface area contributed by atoms with Crippen LogP contribution in [0.15, 0.2) is 12.3 Å². The van der Waals surface area contributed by atoms with Crippen LogP contribution >= 0.6 is 0 Å². The molecule has 2 nitrogen and oxygen atoms in total. The van der Waals surface area contributed by atoms with Gasteiger partial charge in [0.1, 0.15) is 11.5 Å². The van der Waals surface area contributed by atoms with Crippen LogP contribution in [0.25, 0.3) is 0 Å². The second-order valence-electron chi connectivity index (χ2n) is 2.05. The van der Waals surface area contributed by atoms with Gasteiger partial charge < -0.3 is 0 Å². The zero-order valence-corrected chi connectivity index (χ0v) is 5.80. The Morgan fingerprint density at radius 3 is 2.67 bits per heavy atom. The van der Waals surface area contributed by atoms with E-state index in [1.54, 1.807) is 0 Å². The summed E-state index contributed by atoms with van der Waals surface area (Å²) in [5, 5.41) is 0. The van der Waals surface area contributed by atoms with Gasteiger partial charge in [-0.15, -0.1) is 0 Å². The summed E-state index contributed by atoms with van der Waals surface area (Å²) in [6.45, 7) is 0. The van der Waals surface area contributed by atoms with E-state index < -0.39 is 17.8 Å². The Kier molecular flexibility index (Phi) is 2.42. The van der Waals surface area contributed by atoms with Gasteiger partial charge in [0, 0.05) is 0 Å². The Labute approximate surface area is 66.0 Å². The summed E-state index contributed by atoms with van der Waals surface area (Å²) in [6.07, 6.45) is -2.04. The average Bonchev–Trinajstić information content (AvgIpc) is 2.05. The Balaban J connectivity index is 3.16. The van der Waals surface area contributed by atoms with Gasteiger partial charge >= 0.3 is 0 Å². The minimum Gasteiger partial charge on any atom is -0.296 e. The molecular weight excluding hydrogens is 171 g/mol. The van der Waals surface area contributed by atoms with E-state index in [0.29, 0.717) is 6.20 Å². The summed E-state index contributed by atoms with van der Waals surface area (Å²) in [4.78, 5) is 13.3. The summed E-state index contributed by atoms with van der Waals surface area (Å²) < 4.78 is 36.4. The number of hydrogen-bond donors (Lipinski definition) is 0. The number of carbonyl (C=O) groups excluding carboxylic acids is 1. The fourth-order valence-electron chi connectivity index (χ4n) is 0.703. The van der Waals surface area contributed by atoms with Gasteiger partial charge in [0.15, 0.2) is 6.29 Å². The van der Waals surface area contributed by atoms with Crippen molar-refractivity contribution in [2.24, 2.45) is 0 Å². The fraction of sp³-hybridized carbons (Fsp3) is 0.143. The third kappa shape index (κ3) is 1.61. The van der Waals surface area contributed by atoms with Crippen molar-refractivity contribution in [3.63, 3.8) is 0 Å². The quantitative estimate of drug-likeness (QED) is 0.643. The van der Waals surface area contributed by atoms with Gasteiger partial charge in [-0.25, -0.2) is 13.2 Å². The summed E-state index contributed by atoms with van der Waals surface area (Å²) in [5.74, 6) is -1.10. The highest BCUT2D eigenvalue weighted by molar-refractivity contribution is 5.71. The van der Waals surface area contributed by atoms with Crippen LogP contribution < -0.4 is 0 Å². The first-order chi connectivity index (χ1) is 5.65. The van der Waals surface area contributed by atoms with Crippen molar-refractivity contribution in [1.82, 2.24) is 4.98 Å². The molecule has 0 atom stereocenters. The Bertz CT molecular complexity index is 301. The van der Waals surface area contributed by atoms with Crippen LogP contribution in [0, 0.1) is 5.82 Å². The van der Waals surface area contributed by atoms with Crippen molar-refractivity contribution in [2.75, 3.05) is 0 Å². The molecular formula is C7H4F3NO. The van der Waals surface area contributed by atoms with Crippen molar-refractivity contribution in [3.05, 3.63) is 29.3 Å². The summed E-state index contributed by atoms with van der Waals surface area (Å²) in [6, 6.07) is 0.729. The number of carbonyl (C=O) groups is 1. The van der Waals surface area contributed by atoms with Crippen molar-refractivity contribution in [1.29, 1.82) is 0 Å². The van der Waals surface area contributed by atoms with Gasteiger partial charge in [-0.3, -0.25) is 9.78 Å². The van der Waals surface area contributed by atoms with Crippen LogP contribution in [0.2, 0.25) is 0 Å². The minimum atomic E-state index is -2.92. The second kappa shape index (κ2) is 3.34. The topological polar surface area (TPSA) is 30.0 Å². The van der Waals surface area contributed by atoms with Crippen molar-refractivity contribution >= 4 is 6.29 Å². The zero-order valence-electron chi connectivity index (χ0n) is 5.80. The largest absolute Gasteiger partial charge is 0.296 e. The molecule has 64 valence electrons. The van der Waals surface area contributed by atoms with E-state index in [1.165, 1.54) is 0 Å². The molecule has 0 saturated heterocycles. The third-order valence-electron chi connectivity index (χ3n) is 1.26. The molecule has 0 aliphatic carbocycles. The lowest BCUT2D eigenvalue weighted by Gasteiger charge is -2.00. The SMILES string of the molecule is O=Cc1cc(C(F)F)c(F)cn1. The van der Waals surface area contributed by atoms with E-state index in [9.17, 15) is 18.0 Å². The van der Waals surface area contributed by atoms with Crippen LogP contribution in [0.1, 0.15) is 22.5 Å². The monoisotopic (exact) mass is 175 g/mol. The maximum absolute atomic E-state index is 12.5. The molecule has 0 aromatic carbocycles. The Morgan fingerprint density at radius 1 is 1.50 bits per heavy atom. The van der Waals surface area contributed by atoms with E-state index in [-0.39, 0.29) is 12.0 Å². The minimum absolute atomic E-state index is 0.202. The van der Waals surface area contributed by atoms with Crippen LogP contribution in [-0.2, 0) is 0 Å². The van der Waals surface area contributed by atoms with Crippen molar-refractivity contribution in [2.45, 2.75) is 6.43 Å². The summed E-state index contributed by atoms with van der Waals surface area (Å²) >= 11 is 0. The van der Waals surface area contributed by atoms with E-state index in [1.807, 2.05) is 0 Å². The highest BCUT2D eigenvalue weighted by Gasteiger charge is 2.13. The van der Waals surface area contributed by atoms with Gasteiger partial charge in [0.2, 0.25) is 0 Å². The molecule has 1 heterocycles. The van der Waals surface area contributed by atoms with Crippen LogP contribution in [-0.4, -0.2) is 11.3 Å². The van der Waals surface area contributed by atoms with E-state index in [0.717, 1.165) is 6.07 Å². The first-order valence-corrected chi connectivity index (χ1v) is 3.04. The normalized spacial score (nSPS) is 10.3. The van der Waals surface area contributed by atoms with Gasteiger partial charge in [0.05, 0.1) is 11.8 Å². The zero-order chi connectivity index (χ0) is 9.14. The number of aromatic nitrogens is 1. The fourth-order valence-corrected chi connectivity index (χ4v) is 0.703. The Morgan fingerprint density at radius 2 is 2.17 bits per heavy atom. The van der Waals surface area contributed by atoms with Crippen LogP contribution in [0.3, 0.4) is 0 Å². The van der Waals surface area contributed by atoms with Crippen LogP contribution in [0.4, 0.5) is 13.2 Å². The molecule has 12 heavy (non-hydrogen) atoms. The molecule has 0 aliphatic heterocycles. The molecule has 1 rings (SSSR count). The summed E-state index contributed by atoms with van der Waals surface area (Å²) in [7, 11) is 0. The molecule has 0 aliphatic rings. The molecule has 0 N–H and O–H groups in total. The van der Waals surface area contributed by atoms with Crippen LogP contribution in [0.5, 0.6) is 0 Å². The maximum atomic E-state index is 12.5. The molecule has 1 aromatic heterocycles. The molecule has 0 spiro atoms. The predicted molar refractivity (Wildman–Crippen MR) is 34.5 cm³/mol. The molecule has 5 heteroatoms. The number of alkyl halides is 2. The van der Waals surface area contributed by atoms with E-state index in [4.69, 9.17) is 0 Å². The van der Waals surface area contributed by atoms with Crippen molar-refractivity contribution in [3.8, 4) is 0 Å². The lowest BCUT2D eigenvalue weighted by molar-refractivity contribution is 0.111. The number of hydrogen-bond acceptors (Lipinski definition) is 2. The van der Waals surface area contributed by atoms with E-state index in [2.05, 4.69) is 4.98 Å². The van der Waals surface area contributed by atoms with Gasteiger partial charge in [-0.2, -0.15) is 0 Å². The number of aldehydes is 1. The summed E-state index contributed by atoms with van der Waals surface area (Å²) in [5.41, 5.74) is -1.00. The predicted octanol–water partition coefficient (Wildman–Crippen LogP) is 1.97. The number of rotatable bonds is 2. The average molecular weight is 175 g/mol. The molecule has 0 unspecified atom stereocenters. The molecule has 0 bridgehead atoms. The van der Waals surface area contributed by atoms with E-state index >= 15 is 0 Å². The second-order valence-corrected chi connectivity index (χ2v) is 2.05. The van der Waals surface area contributed by atoms with Gasteiger partial charge in [-0.05, 0) is 6.07 Å². The molecule has 1 aromatic rings. The molecule has 0 amide bonds. The first kappa shape index (κ1) is 8.70. The smallest absolute Gasteiger partial charge is 0.266 e. The highest BCUT2D eigenvalue weighted by atomic mass is 19.3. The third-order valence-corrected chi connectivity index (χ3v) is 1.26. The van der Waals surface area contributed by atoms with Gasteiger partial charge in [-0.1, -0.05) is 0 Å². The standard InChI is InChI=1S/C7H4F3NO/c8-6-2-11-4(3-12)1-5(6)7(9)10/h1-3,7H. The lowest BCUT2D eigenvalue weighted by Crippen LogP contribution is -1.95. The maximum Gasteiger partial charge on any atom is 0.266 e.